The molecule has 0 amide bonds. The number of ether oxygens (including phenoxy) is 4. The molecule has 6 nitrogen and oxygen atoms in total. The van der Waals surface area contributed by atoms with Gasteiger partial charge in [0.15, 0.2) is 12.6 Å². The predicted octanol–water partition coefficient (Wildman–Crippen LogP) is 18.0. The van der Waals surface area contributed by atoms with Gasteiger partial charge in [0.25, 0.3) is 16.6 Å². The van der Waals surface area contributed by atoms with Gasteiger partial charge in [-0.2, -0.15) is 6.42 Å². The Morgan fingerprint density at radius 1 is 0.440 bits per heavy atom. The van der Waals surface area contributed by atoms with Crippen molar-refractivity contribution in [2.24, 2.45) is 0 Å². The first kappa shape index (κ1) is 84.4. The van der Waals surface area contributed by atoms with Crippen LogP contribution in [0.15, 0.2) is 121 Å². The van der Waals surface area contributed by atoms with Crippen LogP contribution in [0.5, 0.6) is 0 Å². The van der Waals surface area contributed by atoms with Crippen LogP contribution in [-0.2, 0) is 27.8 Å². The monoisotopic (exact) mass is 1340 g/mol. The molecule has 4 aromatic carbocycles. The van der Waals surface area contributed by atoms with E-state index in [-0.39, 0.29) is 41.5 Å². The molecule has 91 heavy (non-hydrogen) atoms. The molecule has 0 aromatic heterocycles. The van der Waals surface area contributed by atoms with Crippen molar-refractivity contribution in [3.63, 3.8) is 0 Å². The Bertz CT molecular complexity index is 2270. The second-order valence-corrected chi connectivity index (χ2v) is 36.2. The standard InChI is InChI=1S/C37H56O3Si.C29H45BrOSi.C11H18O2.C4H9.Li/c1-37(2,3)41(34-26-18-16-19-27-34,35-28-20-17-21-29-35)40-33-24-15-13-11-9-7-5-4-6-8-10-12-14-23-31-38-36-30-22-25-32-39-36;1-29(2,3)32(27-21-15-13-16-22-27,28-23-17-14-18-24-28)31-26-20-12-10-8-6-4-5-7-9-11-19-25-30;1-2-3-4-6-9-12-11-8-5-7-10-13-11;1-3-4-2;/h16-21,26-29,36H,4-9,11,13-15,22-25,30-33H2,1-3H3;13-18,21-24H,4-12,19-20,25-26H2,1-3H3;1,11H,3-10H2;1,3-4H2,2H3;/q;;;-1;+1. The van der Waals surface area contributed by atoms with E-state index in [0.717, 1.165) is 116 Å². The van der Waals surface area contributed by atoms with Crippen LogP contribution < -0.4 is 39.6 Å². The molecule has 2 fully saturated rings. The molecule has 2 aliphatic rings. The van der Waals surface area contributed by atoms with Crippen LogP contribution in [0.3, 0.4) is 0 Å². The quantitative estimate of drug-likeness (QED) is 0.0145. The second kappa shape index (κ2) is 54.4. The van der Waals surface area contributed by atoms with Crippen molar-refractivity contribution in [2.75, 3.05) is 45.0 Å². The van der Waals surface area contributed by atoms with Crippen molar-refractivity contribution in [3.05, 3.63) is 128 Å². The molecule has 4 aromatic rings. The van der Waals surface area contributed by atoms with Gasteiger partial charge in [-0.1, -0.05) is 295 Å². The summed E-state index contributed by atoms with van der Waals surface area (Å²) in [5.41, 5.74) is 0. The number of terminal acetylenes is 1. The van der Waals surface area contributed by atoms with Gasteiger partial charge >= 0.3 is 18.9 Å². The minimum atomic E-state index is -2.38. The Kier molecular flexibility index (Phi) is 50.4. The van der Waals surface area contributed by atoms with Crippen molar-refractivity contribution >= 4 is 53.3 Å². The zero-order valence-corrected chi connectivity index (χ0v) is 62.9. The van der Waals surface area contributed by atoms with Crippen LogP contribution in [0, 0.1) is 31.1 Å². The van der Waals surface area contributed by atoms with Crippen LogP contribution >= 0.6 is 15.9 Å². The smallest absolute Gasteiger partial charge is 0.407 e. The SMILES string of the molecule is C#CCCCCOC1CCCCO1.CC(C)(C)[Si](OCCCCCCCCCCCC#CCCCOC1CCCCO1)(c1ccccc1)c1ccccc1.CC(C)(C)[Si](OCCCCCCCCCCCCCBr)(c1ccccc1)c1ccccc1.[CH2-]CCC.[Li+]. The van der Waals surface area contributed by atoms with Crippen molar-refractivity contribution in [2.45, 2.75) is 289 Å². The molecular formula is C81H128BrLiO6Si2. The number of hydrogen-bond donors (Lipinski definition) is 0. The Labute approximate surface area is 582 Å². The largest absolute Gasteiger partial charge is 1.00 e. The van der Waals surface area contributed by atoms with Gasteiger partial charge in [-0.05, 0) is 114 Å². The number of benzene rings is 4. The molecular weight excluding hydrogens is 1210 g/mol. The third kappa shape index (κ3) is 35.7. The summed E-state index contributed by atoms with van der Waals surface area (Å²) in [6.45, 7) is 24.8. The molecule has 2 heterocycles. The number of rotatable bonds is 40. The van der Waals surface area contributed by atoms with Crippen LogP contribution in [0.1, 0.15) is 267 Å². The van der Waals surface area contributed by atoms with Gasteiger partial charge in [-0.15, -0.1) is 24.2 Å². The van der Waals surface area contributed by atoms with E-state index in [2.05, 4.69) is 210 Å². The van der Waals surface area contributed by atoms with Gasteiger partial charge in [0, 0.05) is 57.6 Å². The fraction of sp³-hybridized carbons (Fsp3) is 0.642. The van der Waals surface area contributed by atoms with Gasteiger partial charge < -0.3 is 34.7 Å². The maximum Gasteiger partial charge on any atom is 1.00 e. The van der Waals surface area contributed by atoms with Gasteiger partial charge in [-0.3, -0.25) is 0 Å². The molecule has 0 N–H and O–H groups in total. The van der Waals surface area contributed by atoms with Gasteiger partial charge in [0.05, 0.1) is 6.61 Å². The molecule has 0 radical (unpaired) electrons. The fourth-order valence-electron chi connectivity index (χ4n) is 12.1. The van der Waals surface area contributed by atoms with Gasteiger partial charge in [-0.25, -0.2) is 0 Å². The number of hydrogen-bond acceptors (Lipinski definition) is 6. The molecule has 2 saturated heterocycles. The van der Waals surface area contributed by atoms with E-state index in [1.807, 2.05) is 0 Å². The van der Waals surface area contributed by atoms with E-state index in [9.17, 15) is 0 Å². The Morgan fingerprint density at radius 3 is 1.04 bits per heavy atom. The summed E-state index contributed by atoms with van der Waals surface area (Å²) in [7, 11) is -4.74. The Balaban J connectivity index is 0.000000497. The first-order chi connectivity index (χ1) is 43.9. The van der Waals surface area contributed by atoms with E-state index in [1.165, 1.54) is 168 Å². The summed E-state index contributed by atoms with van der Waals surface area (Å²) in [4.78, 5) is 0. The van der Waals surface area contributed by atoms with Crippen LogP contribution in [0.4, 0.5) is 0 Å². The van der Waals surface area contributed by atoms with E-state index >= 15 is 0 Å². The first-order valence-electron chi connectivity index (χ1n) is 36.1. The Morgan fingerprint density at radius 2 is 0.736 bits per heavy atom. The summed E-state index contributed by atoms with van der Waals surface area (Å²) in [6.07, 6.45) is 46.9. The maximum atomic E-state index is 7.03. The summed E-state index contributed by atoms with van der Waals surface area (Å²) >= 11 is 3.52. The molecule has 0 bridgehead atoms. The molecule has 0 saturated carbocycles. The molecule has 2 atom stereocenters. The number of unbranched alkanes of at least 4 members (excludes halogenated alkanes) is 23. The number of alkyl halides is 1. The zero-order valence-electron chi connectivity index (χ0n) is 59.3. The molecule has 2 unspecified atom stereocenters. The first-order valence-corrected chi connectivity index (χ1v) is 41.1. The minimum absolute atomic E-state index is 0. The molecule has 0 aliphatic carbocycles. The summed E-state index contributed by atoms with van der Waals surface area (Å²) in [5, 5.41) is 6.81. The average molecular weight is 1340 g/mol. The molecule has 10 heteroatoms. The van der Waals surface area contributed by atoms with E-state index in [4.69, 9.17) is 34.2 Å². The van der Waals surface area contributed by atoms with Gasteiger partial charge in [0.1, 0.15) is 0 Å². The average Bonchev–Trinajstić information content (AvgIpc) is 0.772. The summed E-state index contributed by atoms with van der Waals surface area (Å²) in [5.74, 6) is 9.28. The van der Waals surface area contributed by atoms with Crippen LogP contribution in [0.2, 0.25) is 10.1 Å². The normalized spacial score (nSPS) is 15.0. The topological polar surface area (TPSA) is 55.4 Å². The van der Waals surface area contributed by atoms with E-state index in [1.54, 1.807) is 0 Å². The molecule has 504 valence electrons. The third-order valence-electron chi connectivity index (χ3n) is 17.2. The van der Waals surface area contributed by atoms with Crippen molar-refractivity contribution in [1.29, 1.82) is 0 Å². The zero-order chi connectivity index (χ0) is 65.0. The second-order valence-electron chi connectivity index (χ2n) is 26.8. The van der Waals surface area contributed by atoms with Crippen LogP contribution in [-0.4, -0.2) is 74.2 Å². The summed E-state index contributed by atoms with van der Waals surface area (Å²) < 4.78 is 36.3. The molecule has 2 aliphatic heterocycles. The van der Waals surface area contributed by atoms with Gasteiger partial charge in [0.2, 0.25) is 0 Å². The third-order valence-corrected chi connectivity index (χ3v) is 27.9. The van der Waals surface area contributed by atoms with E-state index < -0.39 is 16.6 Å². The molecule has 0 spiro atoms. The predicted molar refractivity (Wildman–Crippen MR) is 397 cm³/mol. The van der Waals surface area contributed by atoms with Crippen molar-refractivity contribution < 1.29 is 46.7 Å². The molecule has 6 rings (SSSR count). The van der Waals surface area contributed by atoms with Crippen molar-refractivity contribution in [1.82, 2.24) is 0 Å². The van der Waals surface area contributed by atoms with Crippen LogP contribution in [0.25, 0.3) is 0 Å². The van der Waals surface area contributed by atoms with E-state index in [0.29, 0.717) is 0 Å². The number of halogens is 1. The summed E-state index contributed by atoms with van der Waals surface area (Å²) in [6, 6.07) is 44.0. The maximum absolute atomic E-state index is 7.03. The van der Waals surface area contributed by atoms with Crippen molar-refractivity contribution in [3.8, 4) is 24.2 Å². The fourth-order valence-corrected chi connectivity index (χ4v) is 21.7. The Hall–Kier alpha value is -2.73. The minimum Gasteiger partial charge on any atom is -0.407 e.